The number of hydrogen-bond acceptors (Lipinski definition) is 6. The Hall–Kier alpha value is -2.41. The molecule has 2 N–H and O–H groups in total. The molecule has 0 aliphatic carbocycles. The zero-order valence-electron chi connectivity index (χ0n) is 11.5. The number of nitrogens with zero attached hydrogens (tertiary/aromatic N) is 2. The second-order valence-electron chi connectivity index (χ2n) is 4.69. The van der Waals surface area contributed by atoms with Crippen molar-refractivity contribution in [3.63, 3.8) is 0 Å². The second kappa shape index (κ2) is 6.36. The number of carboxylic acid groups (broad SMARTS) is 1. The minimum absolute atomic E-state index is 0.0596. The molecule has 7 nitrogen and oxygen atoms in total. The lowest BCUT2D eigenvalue weighted by molar-refractivity contribution is -0.155. The Balaban J connectivity index is 2.02. The van der Waals surface area contributed by atoms with E-state index in [4.69, 9.17) is 9.84 Å². The zero-order chi connectivity index (χ0) is 15.4. The molecule has 21 heavy (non-hydrogen) atoms. The van der Waals surface area contributed by atoms with Gasteiger partial charge in [-0.15, -0.1) is 0 Å². The fraction of sp³-hybridized carbons (Fsp3) is 0.357. The summed E-state index contributed by atoms with van der Waals surface area (Å²) in [7, 11) is 0. The van der Waals surface area contributed by atoms with E-state index in [-0.39, 0.29) is 25.0 Å². The van der Waals surface area contributed by atoms with Crippen LogP contribution in [0.5, 0.6) is 0 Å². The van der Waals surface area contributed by atoms with Crippen molar-refractivity contribution in [3.8, 4) is 0 Å². The molecule has 1 aliphatic heterocycles. The fourth-order valence-electron chi connectivity index (χ4n) is 2.03. The highest BCUT2D eigenvalue weighted by Gasteiger charge is 2.38. The number of amidine groups is 1. The van der Waals surface area contributed by atoms with Gasteiger partial charge < -0.3 is 19.8 Å². The van der Waals surface area contributed by atoms with E-state index in [0.29, 0.717) is 0 Å². The van der Waals surface area contributed by atoms with Crippen LogP contribution in [-0.4, -0.2) is 51.7 Å². The van der Waals surface area contributed by atoms with Crippen molar-refractivity contribution in [1.82, 2.24) is 4.90 Å². The molecule has 0 spiro atoms. The molecule has 0 aromatic heterocycles. The summed E-state index contributed by atoms with van der Waals surface area (Å²) in [5.41, 5.74) is 0.808. The lowest BCUT2D eigenvalue weighted by Crippen LogP contribution is -2.50. The largest absolute Gasteiger partial charge is 0.478 e. The molecule has 7 heteroatoms. The Labute approximate surface area is 121 Å². The molecule has 0 amide bonds. The third kappa shape index (κ3) is 3.38. The topological polar surface area (TPSA) is 99.4 Å². The maximum absolute atomic E-state index is 12.0. The van der Waals surface area contributed by atoms with Gasteiger partial charge in [0.2, 0.25) is 12.1 Å². The van der Waals surface area contributed by atoms with Crippen LogP contribution in [0, 0.1) is 0 Å². The van der Waals surface area contributed by atoms with Crippen molar-refractivity contribution in [1.29, 1.82) is 0 Å². The van der Waals surface area contributed by atoms with Gasteiger partial charge in [0.15, 0.2) is 0 Å². The number of carboxylic acids is 1. The molecule has 2 atom stereocenters. The smallest absolute Gasteiger partial charge is 0.374 e. The molecule has 1 heterocycles. The summed E-state index contributed by atoms with van der Waals surface area (Å²) in [5.74, 6) is -2.34. The SMILES string of the molecule is CC1CN=C(C(=O)OCc2ccccc2)N1C(O)C(=O)O. The highest BCUT2D eigenvalue weighted by Crippen LogP contribution is 2.15. The number of ether oxygens (including phenoxy) is 1. The average Bonchev–Trinajstić information content (AvgIpc) is 2.86. The van der Waals surface area contributed by atoms with E-state index in [1.807, 2.05) is 18.2 Å². The molecule has 0 saturated heterocycles. The van der Waals surface area contributed by atoms with Crippen molar-refractivity contribution in [2.75, 3.05) is 6.54 Å². The van der Waals surface area contributed by atoms with E-state index in [1.165, 1.54) is 0 Å². The van der Waals surface area contributed by atoms with Gasteiger partial charge in [-0.3, -0.25) is 4.99 Å². The summed E-state index contributed by atoms with van der Waals surface area (Å²) >= 11 is 0. The van der Waals surface area contributed by atoms with Crippen LogP contribution in [0.3, 0.4) is 0 Å². The summed E-state index contributed by atoms with van der Waals surface area (Å²) < 4.78 is 5.11. The van der Waals surface area contributed by atoms with Crippen molar-refractivity contribution in [2.45, 2.75) is 25.8 Å². The fourth-order valence-corrected chi connectivity index (χ4v) is 2.03. The summed E-state index contributed by atoms with van der Waals surface area (Å²) in [6.07, 6.45) is -1.81. The summed E-state index contributed by atoms with van der Waals surface area (Å²) in [5, 5.41) is 18.5. The number of esters is 1. The second-order valence-corrected chi connectivity index (χ2v) is 4.69. The van der Waals surface area contributed by atoms with Gasteiger partial charge in [-0.05, 0) is 12.5 Å². The summed E-state index contributed by atoms with van der Waals surface area (Å²) in [6, 6.07) is 8.71. The third-order valence-electron chi connectivity index (χ3n) is 3.10. The first kappa shape index (κ1) is 15.0. The van der Waals surface area contributed by atoms with Gasteiger partial charge in [0.1, 0.15) is 6.61 Å². The molecular weight excluding hydrogens is 276 g/mol. The van der Waals surface area contributed by atoms with E-state index < -0.39 is 18.2 Å². The molecule has 0 saturated carbocycles. The maximum atomic E-state index is 12.0. The molecule has 2 unspecified atom stereocenters. The first-order valence-corrected chi connectivity index (χ1v) is 6.45. The molecule has 1 aromatic rings. The number of aliphatic hydroxyl groups excluding tert-OH is 1. The van der Waals surface area contributed by atoms with Crippen LogP contribution in [-0.2, 0) is 20.9 Å². The van der Waals surface area contributed by atoms with E-state index in [1.54, 1.807) is 19.1 Å². The molecule has 1 aromatic carbocycles. The van der Waals surface area contributed by atoms with Crippen molar-refractivity contribution in [2.24, 2.45) is 4.99 Å². The van der Waals surface area contributed by atoms with Gasteiger partial charge in [-0.1, -0.05) is 30.3 Å². The van der Waals surface area contributed by atoms with E-state index in [2.05, 4.69) is 4.99 Å². The van der Waals surface area contributed by atoms with Crippen LogP contribution in [0.25, 0.3) is 0 Å². The number of aliphatic hydroxyl groups is 1. The van der Waals surface area contributed by atoms with Crippen LogP contribution in [0.4, 0.5) is 0 Å². The minimum atomic E-state index is -1.81. The van der Waals surface area contributed by atoms with Gasteiger partial charge in [0.05, 0.1) is 12.6 Å². The molecule has 112 valence electrons. The Morgan fingerprint density at radius 1 is 1.43 bits per heavy atom. The van der Waals surface area contributed by atoms with Crippen LogP contribution in [0.1, 0.15) is 12.5 Å². The van der Waals surface area contributed by atoms with Gasteiger partial charge >= 0.3 is 11.9 Å². The van der Waals surface area contributed by atoms with Gasteiger partial charge in [-0.2, -0.15) is 0 Å². The Kier molecular flexibility index (Phi) is 4.54. The van der Waals surface area contributed by atoms with Gasteiger partial charge in [0.25, 0.3) is 0 Å². The van der Waals surface area contributed by atoms with E-state index in [0.717, 1.165) is 10.5 Å². The Morgan fingerprint density at radius 3 is 2.71 bits per heavy atom. The normalized spacial score (nSPS) is 19.0. The molecule has 0 radical (unpaired) electrons. The number of benzene rings is 1. The number of carbonyl (C=O) groups excluding carboxylic acids is 1. The van der Waals surface area contributed by atoms with Crippen LogP contribution < -0.4 is 0 Å². The quantitative estimate of drug-likeness (QED) is 0.754. The monoisotopic (exact) mass is 292 g/mol. The predicted molar refractivity (Wildman–Crippen MR) is 73.5 cm³/mol. The number of aliphatic imine (C=N–C) groups is 1. The molecule has 1 aliphatic rings. The first-order chi connectivity index (χ1) is 10.0. The Bertz CT molecular complexity index is 558. The van der Waals surface area contributed by atoms with E-state index >= 15 is 0 Å². The maximum Gasteiger partial charge on any atom is 0.374 e. The number of aliphatic carboxylic acids is 1. The average molecular weight is 292 g/mol. The summed E-state index contributed by atoms with van der Waals surface area (Å²) in [6.45, 7) is 1.97. The summed E-state index contributed by atoms with van der Waals surface area (Å²) in [4.78, 5) is 27.9. The molecule has 2 rings (SSSR count). The van der Waals surface area contributed by atoms with Gasteiger partial charge in [0, 0.05) is 0 Å². The number of hydrogen-bond donors (Lipinski definition) is 2. The van der Waals surface area contributed by atoms with E-state index in [9.17, 15) is 14.7 Å². The lowest BCUT2D eigenvalue weighted by atomic mass is 10.2. The minimum Gasteiger partial charge on any atom is -0.478 e. The van der Waals surface area contributed by atoms with Crippen LogP contribution in [0.2, 0.25) is 0 Å². The number of carbonyl (C=O) groups is 2. The van der Waals surface area contributed by atoms with Crippen molar-refractivity contribution in [3.05, 3.63) is 35.9 Å². The molecular formula is C14H16N2O5. The predicted octanol–water partition coefficient (Wildman–Crippen LogP) is 0.235. The van der Waals surface area contributed by atoms with Crippen LogP contribution in [0.15, 0.2) is 35.3 Å². The highest BCUT2D eigenvalue weighted by atomic mass is 16.5. The molecule has 0 bridgehead atoms. The zero-order valence-corrected chi connectivity index (χ0v) is 11.5. The Morgan fingerprint density at radius 2 is 2.10 bits per heavy atom. The number of rotatable bonds is 5. The molecule has 0 fully saturated rings. The third-order valence-corrected chi connectivity index (χ3v) is 3.10. The first-order valence-electron chi connectivity index (χ1n) is 6.45. The van der Waals surface area contributed by atoms with Crippen molar-refractivity contribution < 1.29 is 24.5 Å². The standard InChI is InChI=1S/C14H16N2O5/c1-9-7-15-11(16(9)12(17)13(18)19)14(20)21-8-10-5-3-2-4-6-10/h2-6,9,12,17H,7-8H2,1H3,(H,18,19). The lowest BCUT2D eigenvalue weighted by Gasteiger charge is -2.26. The van der Waals surface area contributed by atoms with Crippen molar-refractivity contribution >= 4 is 17.8 Å². The van der Waals surface area contributed by atoms with Gasteiger partial charge in [-0.25, -0.2) is 9.59 Å². The van der Waals surface area contributed by atoms with Crippen LogP contribution >= 0.6 is 0 Å². The highest BCUT2D eigenvalue weighted by molar-refractivity contribution is 6.36.